The van der Waals surface area contributed by atoms with Crippen LogP contribution in [0.1, 0.15) is 35.7 Å². The van der Waals surface area contributed by atoms with Crippen molar-refractivity contribution in [3.05, 3.63) is 64.8 Å². The zero-order chi connectivity index (χ0) is 20.8. The van der Waals surface area contributed by atoms with Gasteiger partial charge in [-0.1, -0.05) is 0 Å². The minimum absolute atomic E-state index is 0.0221. The van der Waals surface area contributed by atoms with Crippen molar-refractivity contribution in [3.8, 4) is 17.2 Å². The van der Waals surface area contributed by atoms with Gasteiger partial charge in [0.1, 0.15) is 5.82 Å². The quantitative estimate of drug-likeness (QED) is 0.718. The number of halogens is 3. The average Bonchev–Trinajstić information content (AvgIpc) is 3.16. The Bertz CT molecular complexity index is 1090. The summed E-state index contributed by atoms with van der Waals surface area (Å²) in [6.07, 6.45) is 0.674. The minimum Gasteiger partial charge on any atom is -0.472 e. The summed E-state index contributed by atoms with van der Waals surface area (Å²) >= 11 is 0. The van der Waals surface area contributed by atoms with E-state index in [0.717, 1.165) is 5.56 Å². The number of rotatable bonds is 4. The van der Waals surface area contributed by atoms with Gasteiger partial charge in [-0.3, -0.25) is 4.79 Å². The highest BCUT2D eigenvalue weighted by Crippen LogP contribution is 2.33. The lowest BCUT2D eigenvalue weighted by Crippen LogP contribution is -2.31. The first-order valence-electron chi connectivity index (χ1n) is 8.83. The number of fused-ring (bicyclic) bond motifs is 1. The maximum absolute atomic E-state index is 13.9. The number of benzene rings is 2. The lowest BCUT2D eigenvalue weighted by Gasteiger charge is -2.23. The molecule has 2 heterocycles. The van der Waals surface area contributed by atoms with Crippen molar-refractivity contribution < 1.29 is 27.1 Å². The number of nitrogens with zero attached hydrogens (tertiary/aromatic N) is 2. The first-order chi connectivity index (χ1) is 13.7. The third-order valence-corrected chi connectivity index (χ3v) is 4.54. The molecule has 0 atom stereocenters. The molecule has 3 aromatic rings. The predicted octanol–water partition coefficient (Wildman–Crippen LogP) is 3.75. The fraction of sp³-hybridized carbons (Fsp3) is 0.250. The third-order valence-electron chi connectivity index (χ3n) is 4.54. The van der Waals surface area contributed by atoms with Gasteiger partial charge in [0.05, 0.1) is 0 Å². The van der Waals surface area contributed by atoms with E-state index >= 15 is 0 Å². The van der Waals surface area contributed by atoms with Crippen molar-refractivity contribution in [2.24, 2.45) is 0 Å². The number of aromatic nitrogens is 2. The molecule has 1 aromatic heterocycles. The molecule has 0 radical (unpaired) electrons. The van der Waals surface area contributed by atoms with Crippen LogP contribution < -0.4 is 10.1 Å². The Hall–Kier alpha value is -3.36. The topological polar surface area (TPSA) is 77.3 Å². The average molecular weight is 403 g/mol. The number of carbonyl (C=O) groups excluding carboxylic acids is 1. The third kappa shape index (κ3) is 3.55. The van der Waals surface area contributed by atoms with Gasteiger partial charge in [-0.25, -0.2) is 13.2 Å². The first kappa shape index (κ1) is 19.0. The summed E-state index contributed by atoms with van der Waals surface area (Å²) in [5.41, 5.74) is 0.661. The van der Waals surface area contributed by atoms with E-state index in [2.05, 4.69) is 15.5 Å². The number of hydrogen-bond acceptors (Lipinski definition) is 5. The molecule has 0 fully saturated rings. The van der Waals surface area contributed by atoms with Crippen LogP contribution >= 0.6 is 0 Å². The van der Waals surface area contributed by atoms with Crippen LogP contribution in [0.25, 0.3) is 11.5 Å². The van der Waals surface area contributed by atoms with Crippen molar-refractivity contribution in [2.75, 3.05) is 6.54 Å². The van der Waals surface area contributed by atoms with Gasteiger partial charge >= 0.3 is 0 Å². The lowest BCUT2D eigenvalue weighted by molar-refractivity contribution is 0.0668. The predicted molar refractivity (Wildman–Crippen MR) is 95.7 cm³/mol. The smallest absolute Gasteiger partial charge is 0.259 e. The lowest BCUT2D eigenvalue weighted by atomic mass is 9.98. The van der Waals surface area contributed by atoms with Gasteiger partial charge in [-0.05, 0) is 44.0 Å². The van der Waals surface area contributed by atoms with E-state index in [-0.39, 0.29) is 17.7 Å². The molecule has 1 N–H and O–H groups in total. The van der Waals surface area contributed by atoms with Gasteiger partial charge in [0, 0.05) is 29.8 Å². The largest absolute Gasteiger partial charge is 0.472 e. The summed E-state index contributed by atoms with van der Waals surface area (Å²) in [5, 5.41) is 10.7. The highest BCUT2D eigenvalue weighted by atomic mass is 19.1. The second kappa shape index (κ2) is 6.91. The molecule has 2 aromatic carbocycles. The van der Waals surface area contributed by atoms with E-state index in [9.17, 15) is 18.0 Å². The number of amides is 1. The Labute approximate surface area is 163 Å². The second-order valence-corrected chi connectivity index (χ2v) is 7.10. The summed E-state index contributed by atoms with van der Waals surface area (Å²) in [4.78, 5) is 11.9. The normalized spacial score (nSPS) is 13.8. The van der Waals surface area contributed by atoms with Gasteiger partial charge in [0.25, 0.3) is 11.8 Å². The fourth-order valence-corrected chi connectivity index (χ4v) is 3.07. The zero-order valence-corrected chi connectivity index (χ0v) is 15.6. The van der Waals surface area contributed by atoms with Crippen molar-refractivity contribution in [3.63, 3.8) is 0 Å². The van der Waals surface area contributed by atoms with Gasteiger partial charge in [0.2, 0.25) is 5.89 Å². The Morgan fingerprint density at radius 3 is 2.55 bits per heavy atom. The second-order valence-electron chi connectivity index (χ2n) is 7.10. The van der Waals surface area contributed by atoms with E-state index in [1.807, 2.05) is 0 Å². The molecule has 0 unspecified atom stereocenters. The number of ether oxygens (including phenoxy) is 1. The molecule has 1 amide bonds. The monoisotopic (exact) mass is 403 g/mol. The first-order valence-corrected chi connectivity index (χ1v) is 8.83. The van der Waals surface area contributed by atoms with Crippen molar-refractivity contribution >= 4 is 5.91 Å². The zero-order valence-electron chi connectivity index (χ0n) is 15.6. The number of carbonyl (C=O) groups is 1. The van der Waals surface area contributed by atoms with Crippen LogP contribution in [0.4, 0.5) is 13.2 Å². The van der Waals surface area contributed by atoms with E-state index in [1.54, 1.807) is 18.2 Å². The van der Waals surface area contributed by atoms with E-state index in [0.29, 0.717) is 36.2 Å². The maximum Gasteiger partial charge on any atom is 0.259 e. The minimum atomic E-state index is -1.39. The van der Waals surface area contributed by atoms with Crippen molar-refractivity contribution in [1.29, 1.82) is 0 Å². The van der Waals surface area contributed by atoms with Crippen LogP contribution in [0.2, 0.25) is 0 Å². The molecule has 9 heteroatoms. The van der Waals surface area contributed by atoms with Crippen LogP contribution in [-0.4, -0.2) is 22.6 Å². The summed E-state index contributed by atoms with van der Waals surface area (Å²) in [6.45, 7) is 3.52. The summed E-state index contributed by atoms with van der Waals surface area (Å²) < 4.78 is 52.0. The molecule has 0 aliphatic carbocycles. The molecule has 29 heavy (non-hydrogen) atoms. The molecule has 0 bridgehead atoms. The van der Waals surface area contributed by atoms with Gasteiger partial charge in [-0.2, -0.15) is 0 Å². The van der Waals surface area contributed by atoms with Crippen LogP contribution in [0.5, 0.6) is 5.75 Å². The SMILES string of the molecule is CC(C)(Oc1c(F)cc(F)cc1F)c1nnc(-c2ccc3c(c2)CCNC3=O)o1. The highest BCUT2D eigenvalue weighted by molar-refractivity contribution is 5.97. The molecule has 1 aliphatic rings. The van der Waals surface area contributed by atoms with Crippen LogP contribution in [-0.2, 0) is 12.0 Å². The van der Waals surface area contributed by atoms with Crippen molar-refractivity contribution in [2.45, 2.75) is 25.9 Å². The molecule has 1 aliphatic heterocycles. The standard InChI is InChI=1S/C20H16F3N3O3/c1-20(2,29-16-14(22)8-12(21)9-15(16)23)19-26-25-18(28-19)11-3-4-13-10(7-11)5-6-24-17(13)27/h3-4,7-9H,5-6H2,1-2H3,(H,24,27). The Morgan fingerprint density at radius 2 is 1.83 bits per heavy atom. The van der Waals surface area contributed by atoms with Gasteiger partial charge in [-0.15, -0.1) is 10.2 Å². The van der Waals surface area contributed by atoms with E-state index in [4.69, 9.17) is 9.15 Å². The molecule has 0 spiro atoms. The maximum atomic E-state index is 13.9. The number of nitrogens with one attached hydrogen (secondary N) is 1. The van der Waals surface area contributed by atoms with E-state index in [1.165, 1.54) is 13.8 Å². The Kier molecular flexibility index (Phi) is 4.52. The Balaban J connectivity index is 1.62. The molecule has 0 saturated heterocycles. The molecular formula is C20H16F3N3O3. The molecule has 150 valence electrons. The molecule has 6 nitrogen and oxygen atoms in total. The van der Waals surface area contributed by atoms with Gasteiger partial charge in [0.15, 0.2) is 23.0 Å². The van der Waals surface area contributed by atoms with Crippen molar-refractivity contribution in [1.82, 2.24) is 15.5 Å². The molecule has 0 saturated carbocycles. The van der Waals surface area contributed by atoms with Crippen LogP contribution in [0.15, 0.2) is 34.7 Å². The van der Waals surface area contributed by atoms with E-state index < -0.39 is 28.8 Å². The van der Waals surface area contributed by atoms with Crippen LogP contribution in [0, 0.1) is 17.5 Å². The van der Waals surface area contributed by atoms with Gasteiger partial charge < -0.3 is 14.5 Å². The molecular weight excluding hydrogens is 387 g/mol. The summed E-state index contributed by atoms with van der Waals surface area (Å²) in [6, 6.07) is 6.19. The molecule has 4 rings (SSSR count). The highest BCUT2D eigenvalue weighted by Gasteiger charge is 2.32. The Morgan fingerprint density at radius 1 is 1.10 bits per heavy atom. The van der Waals surface area contributed by atoms with Crippen LogP contribution in [0.3, 0.4) is 0 Å². The fourth-order valence-electron chi connectivity index (χ4n) is 3.07. The summed E-state index contributed by atoms with van der Waals surface area (Å²) in [5.74, 6) is -4.13. The summed E-state index contributed by atoms with van der Waals surface area (Å²) in [7, 11) is 0. The number of hydrogen-bond donors (Lipinski definition) is 1.